The van der Waals surface area contributed by atoms with Gasteiger partial charge in [0.05, 0.1) is 16.1 Å². The maximum absolute atomic E-state index is 13.4. The predicted octanol–water partition coefficient (Wildman–Crippen LogP) is 3.40. The van der Waals surface area contributed by atoms with Crippen LogP contribution in [-0.2, 0) is 19.8 Å². The van der Waals surface area contributed by atoms with E-state index in [9.17, 15) is 14.4 Å². The molecule has 0 aromatic heterocycles. The van der Waals surface area contributed by atoms with Crippen LogP contribution in [0.25, 0.3) is 0 Å². The smallest absolute Gasteiger partial charge is 0.240 e. The molecule has 0 spiro atoms. The molecular formula is C25H28ClN3O3. The monoisotopic (exact) mass is 453 g/mol. The van der Waals surface area contributed by atoms with Gasteiger partial charge in [-0.25, -0.2) is 0 Å². The van der Waals surface area contributed by atoms with Crippen LogP contribution < -0.4 is 4.90 Å². The Hall–Kier alpha value is -2.86. The van der Waals surface area contributed by atoms with Crippen LogP contribution in [-0.4, -0.2) is 60.2 Å². The Morgan fingerprint density at radius 1 is 1.00 bits per heavy atom. The number of hydrogen-bond donors (Lipinski definition) is 0. The van der Waals surface area contributed by atoms with E-state index in [-0.39, 0.29) is 30.6 Å². The second-order valence-corrected chi connectivity index (χ2v) is 8.92. The van der Waals surface area contributed by atoms with Crippen molar-refractivity contribution in [3.8, 4) is 0 Å². The molecular weight excluding hydrogens is 426 g/mol. The van der Waals surface area contributed by atoms with Crippen LogP contribution >= 0.6 is 11.6 Å². The second-order valence-electron chi connectivity index (χ2n) is 8.51. The minimum absolute atomic E-state index is 0.00498. The van der Waals surface area contributed by atoms with Crippen molar-refractivity contribution in [1.29, 1.82) is 0 Å². The fourth-order valence-electron chi connectivity index (χ4n) is 4.95. The highest BCUT2D eigenvalue weighted by Gasteiger charge is 2.54. The van der Waals surface area contributed by atoms with Crippen molar-refractivity contribution in [2.75, 3.05) is 37.6 Å². The zero-order valence-electron chi connectivity index (χ0n) is 18.5. The summed E-state index contributed by atoms with van der Waals surface area (Å²) in [7, 11) is 0. The summed E-state index contributed by atoms with van der Waals surface area (Å²) < 4.78 is 0. The molecule has 2 saturated heterocycles. The number of aryl methyl sites for hydroxylation is 1. The lowest BCUT2D eigenvalue weighted by molar-refractivity contribution is -0.142. The summed E-state index contributed by atoms with van der Waals surface area (Å²) in [5.74, 6) is -0.564. The largest absolute Gasteiger partial charge is 0.367 e. The number of nitrogens with zero attached hydrogens (tertiary/aromatic N) is 3. The summed E-state index contributed by atoms with van der Waals surface area (Å²) in [6.45, 7) is 6.47. The highest BCUT2D eigenvalue weighted by Crippen LogP contribution is 2.41. The first-order valence-corrected chi connectivity index (χ1v) is 11.4. The molecule has 2 aliphatic heterocycles. The van der Waals surface area contributed by atoms with Gasteiger partial charge < -0.3 is 9.80 Å². The maximum atomic E-state index is 13.4. The molecule has 0 saturated carbocycles. The average molecular weight is 454 g/mol. The van der Waals surface area contributed by atoms with Crippen LogP contribution in [0.5, 0.6) is 0 Å². The average Bonchev–Trinajstić information content (AvgIpc) is 3.03. The topological polar surface area (TPSA) is 60.9 Å². The molecule has 1 atom stereocenters. The standard InChI is InChI=1S/C25H28ClN3O3/c1-3-29-23(31)17-25(24(29)32,19-9-5-4-8-18(19)2)16-22(30)28-14-12-27(13-15-28)21-11-7-6-10-20(21)26/h4-11H,3,12-17H2,1-2H3/t25-/m0/s1. The molecule has 0 N–H and O–H groups in total. The number of halogens is 1. The van der Waals surface area contributed by atoms with Gasteiger partial charge >= 0.3 is 0 Å². The molecule has 168 valence electrons. The van der Waals surface area contributed by atoms with E-state index in [0.717, 1.165) is 16.8 Å². The van der Waals surface area contributed by atoms with Gasteiger partial charge in [0.15, 0.2) is 0 Å². The minimum atomic E-state index is -1.13. The molecule has 3 amide bonds. The number of benzene rings is 2. The number of likely N-dealkylation sites (tertiary alicyclic amines) is 1. The van der Waals surface area contributed by atoms with E-state index < -0.39 is 5.41 Å². The molecule has 0 aliphatic carbocycles. The Balaban J connectivity index is 1.55. The first-order valence-electron chi connectivity index (χ1n) is 11.1. The lowest BCUT2D eigenvalue weighted by atomic mass is 9.74. The fraction of sp³-hybridized carbons (Fsp3) is 0.400. The molecule has 7 heteroatoms. The Kier molecular flexibility index (Phi) is 6.24. The van der Waals surface area contributed by atoms with Gasteiger partial charge in [0, 0.05) is 45.6 Å². The summed E-state index contributed by atoms with van der Waals surface area (Å²) in [4.78, 5) is 44.8. The van der Waals surface area contributed by atoms with Gasteiger partial charge in [-0.3, -0.25) is 19.3 Å². The molecule has 4 rings (SSSR count). The predicted molar refractivity (Wildman–Crippen MR) is 125 cm³/mol. The van der Waals surface area contributed by atoms with Gasteiger partial charge in [-0.05, 0) is 37.1 Å². The number of carbonyl (C=O) groups excluding carboxylic acids is 3. The molecule has 2 fully saturated rings. The fourth-order valence-corrected chi connectivity index (χ4v) is 5.20. The third-order valence-corrected chi connectivity index (χ3v) is 6.98. The van der Waals surface area contributed by atoms with E-state index in [2.05, 4.69) is 4.90 Å². The number of amides is 3. The van der Waals surface area contributed by atoms with Crippen molar-refractivity contribution in [1.82, 2.24) is 9.80 Å². The third-order valence-electron chi connectivity index (χ3n) is 6.66. The number of imide groups is 1. The first kappa shape index (κ1) is 22.3. The van der Waals surface area contributed by atoms with Crippen molar-refractivity contribution < 1.29 is 14.4 Å². The molecule has 2 aromatic rings. The summed E-state index contributed by atoms with van der Waals surface area (Å²) in [6, 6.07) is 15.3. The minimum Gasteiger partial charge on any atom is -0.367 e. The first-order chi connectivity index (χ1) is 15.4. The second kappa shape index (κ2) is 8.94. The van der Waals surface area contributed by atoms with Crippen LogP contribution in [0.1, 0.15) is 30.9 Å². The number of carbonyl (C=O) groups is 3. The summed E-state index contributed by atoms with van der Waals surface area (Å²) in [6.07, 6.45) is 0.0425. The van der Waals surface area contributed by atoms with Crippen LogP contribution in [0.15, 0.2) is 48.5 Å². The van der Waals surface area contributed by atoms with Crippen LogP contribution in [0.4, 0.5) is 5.69 Å². The number of rotatable bonds is 5. The summed E-state index contributed by atoms with van der Waals surface area (Å²) >= 11 is 6.33. The lowest BCUT2D eigenvalue weighted by Crippen LogP contribution is -2.51. The van der Waals surface area contributed by atoms with E-state index in [1.165, 1.54) is 4.90 Å². The zero-order valence-corrected chi connectivity index (χ0v) is 19.3. The molecule has 2 aliphatic rings. The van der Waals surface area contributed by atoms with E-state index in [0.29, 0.717) is 37.7 Å². The van der Waals surface area contributed by atoms with E-state index >= 15 is 0 Å². The van der Waals surface area contributed by atoms with Crippen LogP contribution in [0, 0.1) is 6.92 Å². The van der Waals surface area contributed by atoms with Crippen molar-refractivity contribution in [2.24, 2.45) is 0 Å². The Morgan fingerprint density at radius 2 is 1.66 bits per heavy atom. The van der Waals surface area contributed by atoms with Gasteiger partial charge in [-0.1, -0.05) is 48.0 Å². The number of piperazine rings is 1. The van der Waals surface area contributed by atoms with Gasteiger partial charge in [-0.2, -0.15) is 0 Å². The van der Waals surface area contributed by atoms with Gasteiger partial charge in [0.25, 0.3) is 0 Å². The van der Waals surface area contributed by atoms with E-state index in [1.54, 1.807) is 11.8 Å². The number of likely N-dealkylation sites (N-methyl/N-ethyl adjacent to an activating group) is 1. The van der Waals surface area contributed by atoms with Crippen molar-refractivity contribution >= 4 is 35.0 Å². The zero-order chi connectivity index (χ0) is 22.9. The number of hydrogen-bond acceptors (Lipinski definition) is 4. The quantitative estimate of drug-likeness (QED) is 0.651. The molecule has 0 bridgehead atoms. The molecule has 6 nitrogen and oxygen atoms in total. The maximum Gasteiger partial charge on any atom is 0.240 e. The van der Waals surface area contributed by atoms with Gasteiger partial charge in [0.1, 0.15) is 0 Å². The highest BCUT2D eigenvalue weighted by molar-refractivity contribution is 6.33. The number of anilines is 1. The highest BCUT2D eigenvalue weighted by atomic mass is 35.5. The molecule has 2 aromatic carbocycles. The van der Waals surface area contributed by atoms with Crippen molar-refractivity contribution in [3.05, 3.63) is 64.7 Å². The molecule has 0 unspecified atom stereocenters. The van der Waals surface area contributed by atoms with Crippen molar-refractivity contribution in [2.45, 2.75) is 32.1 Å². The molecule has 0 radical (unpaired) electrons. The summed E-state index contributed by atoms with van der Waals surface area (Å²) in [5, 5.41) is 0.695. The van der Waals surface area contributed by atoms with E-state index in [1.807, 2.05) is 55.5 Å². The molecule has 32 heavy (non-hydrogen) atoms. The van der Waals surface area contributed by atoms with E-state index in [4.69, 9.17) is 11.6 Å². The van der Waals surface area contributed by atoms with Gasteiger partial charge in [-0.15, -0.1) is 0 Å². The van der Waals surface area contributed by atoms with Gasteiger partial charge in [0.2, 0.25) is 17.7 Å². The summed E-state index contributed by atoms with van der Waals surface area (Å²) in [5.41, 5.74) is 1.53. The number of para-hydroxylation sites is 1. The third kappa shape index (κ3) is 3.88. The van der Waals surface area contributed by atoms with Crippen LogP contribution in [0.3, 0.4) is 0 Å². The molecule has 2 heterocycles. The Morgan fingerprint density at radius 3 is 2.28 bits per heavy atom. The Labute approximate surface area is 193 Å². The van der Waals surface area contributed by atoms with Crippen LogP contribution in [0.2, 0.25) is 5.02 Å². The van der Waals surface area contributed by atoms with Crippen molar-refractivity contribution in [3.63, 3.8) is 0 Å². The normalized spacial score (nSPS) is 21.4. The SMILES string of the molecule is CCN1C(=O)C[C@@](CC(=O)N2CCN(c3ccccc3Cl)CC2)(c2ccccc2C)C1=O. The lowest BCUT2D eigenvalue weighted by Gasteiger charge is -2.38. The Bertz CT molecular complexity index is 1050.